The van der Waals surface area contributed by atoms with Crippen LogP contribution in [0.5, 0.6) is 0 Å². The molecule has 0 unspecified atom stereocenters. The molecule has 0 aromatic heterocycles. The number of rotatable bonds is 12. The third-order valence-corrected chi connectivity index (χ3v) is 8.12. The lowest BCUT2D eigenvalue weighted by molar-refractivity contribution is -0.139. The number of hydrogen-bond acceptors (Lipinski definition) is 7. The van der Waals surface area contributed by atoms with Gasteiger partial charge in [-0.25, -0.2) is 17.9 Å². The minimum Gasteiger partial charge on any atom is -0.480 e. The largest absolute Gasteiger partial charge is 0.480 e. The summed E-state index contributed by atoms with van der Waals surface area (Å²) >= 11 is 1.49. The van der Waals surface area contributed by atoms with Crippen molar-refractivity contribution in [1.29, 1.82) is 0 Å². The van der Waals surface area contributed by atoms with Crippen LogP contribution >= 0.6 is 11.8 Å². The first-order valence-corrected chi connectivity index (χ1v) is 14.6. The molecule has 9 nitrogen and oxygen atoms in total. The molecule has 2 aromatic carbocycles. The van der Waals surface area contributed by atoms with Crippen LogP contribution in [-0.4, -0.2) is 87.7 Å². The summed E-state index contributed by atoms with van der Waals surface area (Å²) in [5, 5.41) is 12.1. The zero-order valence-electron chi connectivity index (χ0n) is 20.5. The van der Waals surface area contributed by atoms with E-state index in [4.69, 9.17) is 4.74 Å². The second-order valence-corrected chi connectivity index (χ2v) is 11.3. The van der Waals surface area contributed by atoms with Crippen molar-refractivity contribution in [3.05, 3.63) is 53.6 Å². The number of carboxylic acid groups (broad SMARTS) is 1. The van der Waals surface area contributed by atoms with Crippen molar-refractivity contribution in [2.24, 2.45) is 0 Å². The Labute approximate surface area is 216 Å². The standard InChI is InChI=1S/C25H33N3O6S2/c1-18-5-3-4-6-20(18)22-17-19(36(32,33)26-10-11-28-12-14-34-15-13-28)7-8-21(22)24(29)27-23(25(30)31)9-16-35-2/h3-8,17,23,26H,9-16H2,1-2H3,(H,27,29)(H,30,31)/t23-/m0/s1. The van der Waals surface area contributed by atoms with E-state index in [0.717, 1.165) is 18.7 Å². The van der Waals surface area contributed by atoms with Gasteiger partial charge in [-0.3, -0.25) is 9.69 Å². The van der Waals surface area contributed by atoms with E-state index in [1.165, 1.54) is 30.0 Å². The molecule has 0 saturated carbocycles. The van der Waals surface area contributed by atoms with E-state index in [-0.39, 0.29) is 23.4 Å². The minimum absolute atomic E-state index is 0.0384. The number of hydrogen-bond donors (Lipinski definition) is 3. The molecule has 1 fully saturated rings. The van der Waals surface area contributed by atoms with E-state index in [1.54, 1.807) is 0 Å². The van der Waals surface area contributed by atoms with Crippen molar-refractivity contribution in [2.75, 3.05) is 51.4 Å². The first kappa shape index (κ1) is 28.1. The molecule has 2 aromatic rings. The van der Waals surface area contributed by atoms with Crippen LogP contribution in [0.4, 0.5) is 0 Å². The van der Waals surface area contributed by atoms with Crippen molar-refractivity contribution >= 4 is 33.7 Å². The second-order valence-electron chi connectivity index (χ2n) is 8.52. The molecule has 0 bridgehead atoms. The Bertz CT molecular complexity index is 1170. The maximum absolute atomic E-state index is 13.2. The van der Waals surface area contributed by atoms with Gasteiger partial charge in [0.25, 0.3) is 5.91 Å². The molecule has 1 atom stereocenters. The van der Waals surface area contributed by atoms with Crippen LogP contribution < -0.4 is 10.0 Å². The van der Waals surface area contributed by atoms with Gasteiger partial charge in [0.2, 0.25) is 10.0 Å². The first-order chi connectivity index (χ1) is 17.2. The summed E-state index contributed by atoms with van der Waals surface area (Å²) in [5.74, 6) is -1.10. The van der Waals surface area contributed by atoms with Gasteiger partial charge >= 0.3 is 5.97 Å². The van der Waals surface area contributed by atoms with Crippen LogP contribution in [0.3, 0.4) is 0 Å². The van der Waals surface area contributed by atoms with Crippen LogP contribution in [-0.2, 0) is 19.6 Å². The lowest BCUT2D eigenvalue weighted by atomic mass is 9.95. The van der Waals surface area contributed by atoms with Gasteiger partial charge in [-0.1, -0.05) is 24.3 Å². The van der Waals surface area contributed by atoms with Crippen LogP contribution in [0, 0.1) is 6.92 Å². The number of carboxylic acids is 1. The van der Waals surface area contributed by atoms with Gasteiger partial charge in [-0.2, -0.15) is 11.8 Å². The Kier molecular flexibility index (Phi) is 10.3. The van der Waals surface area contributed by atoms with E-state index in [2.05, 4.69) is 14.9 Å². The zero-order valence-corrected chi connectivity index (χ0v) is 22.2. The van der Waals surface area contributed by atoms with Gasteiger partial charge in [0.15, 0.2) is 0 Å². The number of carbonyl (C=O) groups excluding carboxylic acids is 1. The first-order valence-electron chi connectivity index (χ1n) is 11.8. The zero-order chi connectivity index (χ0) is 26.1. The smallest absolute Gasteiger partial charge is 0.326 e. The summed E-state index contributed by atoms with van der Waals surface area (Å²) < 4.78 is 34.1. The van der Waals surface area contributed by atoms with Crippen molar-refractivity contribution in [1.82, 2.24) is 14.9 Å². The summed E-state index contributed by atoms with van der Waals surface area (Å²) in [5.41, 5.74) is 2.20. The molecular weight excluding hydrogens is 502 g/mol. The highest BCUT2D eigenvalue weighted by Gasteiger charge is 2.24. The summed E-state index contributed by atoms with van der Waals surface area (Å²) in [6.07, 6.45) is 2.15. The topological polar surface area (TPSA) is 125 Å². The summed E-state index contributed by atoms with van der Waals surface area (Å²) in [4.78, 5) is 27.0. The van der Waals surface area contributed by atoms with Crippen molar-refractivity contribution < 1.29 is 27.9 Å². The number of benzene rings is 2. The minimum atomic E-state index is -3.83. The molecular formula is C25H33N3O6S2. The van der Waals surface area contributed by atoms with Gasteiger partial charge in [0.05, 0.1) is 18.1 Å². The highest BCUT2D eigenvalue weighted by Crippen LogP contribution is 2.29. The van der Waals surface area contributed by atoms with Gasteiger partial charge in [0.1, 0.15) is 6.04 Å². The molecule has 1 amide bonds. The molecule has 0 aliphatic carbocycles. The number of thioether (sulfide) groups is 1. The van der Waals surface area contributed by atoms with E-state index in [9.17, 15) is 23.1 Å². The SMILES string of the molecule is CSCC[C@H](NC(=O)c1ccc(S(=O)(=O)NCCN2CCOCC2)cc1-c1ccccc1C)C(=O)O. The normalized spacial score (nSPS) is 15.4. The van der Waals surface area contributed by atoms with E-state index < -0.39 is 27.9 Å². The predicted molar refractivity (Wildman–Crippen MR) is 141 cm³/mol. The lowest BCUT2D eigenvalue weighted by Gasteiger charge is -2.26. The molecule has 36 heavy (non-hydrogen) atoms. The molecule has 1 aliphatic heterocycles. The number of morpholine rings is 1. The summed E-state index contributed by atoms with van der Waals surface area (Å²) in [6.45, 7) is 5.48. The molecule has 11 heteroatoms. The van der Waals surface area contributed by atoms with Gasteiger partial charge in [-0.05, 0) is 60.2 Å². The van der Waals surface area contributed by atoms with Gasteiger partial charge in [0, 0.05) is 31.7 Å². The molecule has 3 N–H and O–H groups in total. The van der Waals surface area contributed by atoms with Crippen LogP contribution in [0.15, 0.2) is 47.4 Å². The van der Waals surface area contributed by atoms with Crippen LogP contribution in [0.25, 0.3) is 11.1 Å². The number of aliphatic carboxylic acids is 1. The number of aryl methyl sites for hydroxylation is 1. The highest BCUT2D eigenvalue weighted by molar-refractivity contribution is 7.98. The highest BCUT2D eigenvalue weighted by atomic mass is 32.2. The van der Waals surface area contributed by atoms with Crippen molar-refractivity contribution in [2.45, 2.75) is 24.3 Å². The molecule has 0 radical (unpaired) electrons. The fraction of sp³-hybridized carbons (Fsp3) is 0.440. The number of carbonyl (C=O) groups is 2. The van der Waals surface area contributed by atoms with Gasteiger partial charge < -0.3 is 15.2 Å². The van der Waals surface area contributed by atoms with Crippen molar-refractivity contribution in [3.63, 3.8) is 0 Å². The molecule has 1 heterocycles. The number of amides is 1. The lowest BCUT2D eigenvalue weighted by Crippen LogP contribution is -2.41. The Morgan fingerprint density at radius 3 is 2.53 bits per heavy atom. The Balaban J connectivity index is 1.88. The van der Waals surface area contributed by atoms with Crippen LogP contribution in [0.2, 0.25) is 0 Å². The molecule has 3 rings (SSSR count). The quantitative estimate of drug-likeness (QED) is 0.378. The third kappa shape index (κ3) is 7.53. The van der Waals surface area contributed by atoms with Crippen molar-refractivity contribution in [3.8, 4) is 11.1 Å². The Morgan fingerprint density at radius 1 is 1.14 bits per heavy atom. The maximum Gasteiger partial charge on any atom is 0.326 e. The number of nitrogens with one attached hydrogen (secondary N) is 2. The number of ether oxygens (including phenoxy) is 1. The van der Waals surface area contributed by atoms with E-state index in [1.807, 2.05) is 37.4 Å². The molecule has 1 aliphatic rings. The maximum atomic E-state index is 13.2. The monoisotopic (exact) mass is 535 g/mol. The summed E-state index contributed by atoms with van der Waals surface area (Å²) in [7, 11) is -3.83. The summed E-state index contributed by atoms with van der Waals surface area (Å²) in [6, 6.07) is 10.6. The second kappa shape index (κ2) is 13.2. The molecule has 0 spiro atoms. The number of nitrogens with zero attached hydrogens (tertiary/aromatic N) is 1. The Morgan fingerprint density at radius 2 is 1.86 bits per heavy atom. The Hall–Kier alpha value is -2.44. The van der Waals surface area contributed by atoms with Crippen LogP contribution in [0.1, 0.15) is 22.3 Å². The predicted octanol–water partition coefficient (Wildman–Crippen LogP) is 2.21. The third-order valence-electron chi connectivity index (χ3n) is 6.02. The molecule has 1 saturated heterocycles. The number of sulfonamides is 1. The van der Waals surface area contributed by atoms with E-state index in [0.29, 0.717) is 36.6 Å². The van der Waals surface area contributed by atoms with Gasteiger partial charge in [-0.15, -0.1) is 0 Å². The average molecular weight is 536 g/mol. The fourth-order valence-electron chi connectivity index (χ4n) is 3.96. The fourth-order valence-corrected chi connectivity index (χ4v) is 5.48. The molecule has 196 valence electrons. The van der Waals surface area contributed by atoms with E-state index >= 15 is 0 Å². The average Bonchev–Trinajstić information content (AvgIpc) is 2.86.